The van der Waals surface area contributed by atoms with Crippen LogP contribution in [-0.4, -0.2) is 57.4 Å². The van der Waals surface area contributed by atoms with E-state index in [1.54, 1.807) is 0 Å². The summed E-state index contributed by atoms with van der Waals surface area (Å²) < 4.78 is 12.0. The van der Waals surface area contributed by atoms with Crippen LogP contribution in [0.3, 0.4) is 0 Å². The van der Waals surface area contributed by atoms with Crippen molar-refractivity contribution in [3.05, 3.63) is 11.6 Å². The van der Waals surface area contributed by atoms with Gasteiger partial charge in [-0.15, -0.1) is 0 Å². The molecule has 0 saturated heterocycles. The summed E-state index contributed by atoms with van der Waals surface area (Å²) in [5.41, 5.74) is -0.776. The van der Waals surface area contributed by atoms with Crippen molar-refractivity contribution in [1.29, 1.82) is 0 Å². The number of esters is 2. The van der Waals surface area contributed by atoms with Gasteiger partial charge in [-0.3, -0.25) is 24.0 Å². The number of carboxylic acid groups (broad SMARTS) is 3. The predicted octanol–water partition coefficient (Wildman–Crippen LogP) is 6.89. The zero-order chi connectivity index (χ0) is 35.6. The summed E-state index contributed by atoms with van der Waals surface area (Å²) in [6.07, 6.45) is 5.45. The maximum Gasteiger partial charge on any atom is 0.310 e. The van der Waals surface area contributed by atoms with E-state index in [1.807, 2.05) is 13.8 Å². The van der Waals surface area contributed by atoms with Crippen molar-refractivity contribution >= 4 is 29.8 Å². The van der Waals surface area contributed by atoms with Crippen LogP contribution in [0.1, 0.15) is 126 Å². The highest BCUT2D eigenvalue weighted by molar-refractivity contribution is 5.78. The molecule has 0 aromatic carbocycles. The van der Waals surface area contributed by atoms with Gasteiger partial charge in [-0.2, -0.15) is 0 Å². The van der Waals surface area contributed by atoms with Crippen LogP contribution in [0.5, 0.6) is 0 Å². The molecule has 3 N–H and O–H groups in total. The largest absolute Gasteiger partial charge is 0.481 e. The van der Waals surface area contributed by atoms with E-state index in [-0.39, 0.29) is 65.6 Å². The van der Waals surface area contributed by atoms with E-state index in [1.165, 1.54) is 5.57 Å². The van der Waals surface area contributed by atoms with E-state index in [2.05, 4.69) is 40.7 Å². The number of hydrogen-bond donors (Lipinski definition) is 3. The van der Waals surface area contributed by atoms with Gasteiger partial charge >= 0.3 is 29.8 Å². The third kappa shape index (κ3) is 5.57. The van der Waals surface area contributed by atoms with Gasteiger partial charge in [0, 0.05) is 5.41 Å². The lowest BCUT2D eigenvalue weighted by molar-refractivity contribution is -0.245. The second-order valence-corrected chi connectivity index (χ2v) is 17.4. The molecule has 5 aliphatic carbocycles. The molecule has 268 valence electrons. The smallest absolute Gasteiger partial charge is 0.310 e. The number of fused-ring (bicyclic) bond motifs is 7. The van der Waals surface area contributed by atoms with E-state index in [9.17, 15) is 34.2 Å². The lowest BCUT2D eigenvalue weighted by atomic mass is 9.33. The maximum atomic E-state index is 13.0. The first-order valence-corrected chi connectivity index (χ1v) is 18.0. The molecule has 5 aliphatic rings. The van der Waals surface area contributed by atoms with Gasteiger partial charge in [-0.1, -0.05) is 60.1 Å². The number of carbonyl (C=O) groups excluding carboxylic acids is 2. The summed E-state index contributed by atoms with van der Waals surface area (Å²) in [5, 5.41) is 29.0. The third-order valence-corrected chi connectivity index (χ3v) is 14.9. The first kappa shape index (κ1) is 36.4. The summed E-state index contributed by atoms with van der Waals surface area (Å²) in [6, 6.07) is 0. The molecule has 0 aliphatic heterocycles. The minimum atomic E-state index is -1.11. The van der Waals surface area contributed by atoms with Crippen molar-refractivity contribution in [1.82, 2.24) is 0 Å². The molecule has 10 nitrogen and oxygen atoms in total. The molecule has 0 amide bonds. The average molecular weight is 673 g/mol. The van der Waals surface area contributed by atoms with Crippen LogP contribution in [0, 0.1) is 56.7 Å². The van der Waals surface area contributed by atoms with Gasteiger partial charge < -0.3 is 24.8 Å². The molecule has 4 saturated carbocycles. The number of aliphatic carboxylic acids is 3. The Hall–Kier alpha value is -2.91. The molecular weight excluding hydrogens is 616 g/mol. The van der Waals surface area contributed by atoms with Crippen LogP contribution in [0.4, 0.5) is 0 Å². The number of rotatable bonds is 9. The quantitative estimate of drug-likeness (QED) is 0.173. The van der Waals surface area contributed by atoms with Crippen LogP contribution < -0.4 is 0 Å². The Kier molecular flexibility index (Phi) is 9.43. The lowest BCUT2D eigenvalue weighted by Gasteiger charge is -2.71. The Labute approximate surface area is 284 Å². The molecule has 0 heterocycles. The fourth-order valence-corrected chi connectivity index (χ4v) is 12.1. The molecule has 0 spiro atoms. The van der Waals surface area contributed by atoms with Crippen LogP contribution in [0.25, 0.3) is 0 Å². The van der Waals surface area contributed by atoms with Gasteiger partial charge in [0.1, 0.15) is 12.2 Å². The number of allylic oxidation sites excluding steroid dienone is 2. The van der Waals surface area contributed by atoms with E-state index >= 15 is 0 Å². The van der Waals surface area contributed by atoms with Crippen molar-refractivity contribution in [3.63, 3.8) is 0 Å². The summed E-state index contributed by atoms with van der Waals surface area (Å²) >= 11 is 0. The van der Waals surface area contributed by atoms with E-state index in [0.29, 0.717) is 25.2 Å². The minimum absolute atomic E-state index is 0.0128. The zero-order valence-electron chi connectivity index (χ0n) is 29.8. The maximum absolute atomic E-state index is 13.0. The van der Waals surface area contributed by atoms with Crippen LogP contribution in [0.2, 0.25) is 0 Å². The van der Waals surface area contributed by atoms with Crippen molar-refractivity contribution in [2.75, 3.05) is 0 Å². The molecule has 10 heteroatoms. The summed E-state index contributed by atoms with van der Waals surface area (Å²) in [5.74, 6) is -3.26. The Morgan fingerprint density at radius 3 is 1.96 bits per heavy atom. The molecule has 0 unspecified atom stereocenters. The van der Waals surface area contributed by atoms with Gasteiger partial charge in [-0.05, 0) is 97.2 Å². The molecule has 0 bridgehead atoms. The molecule has 4 fully saturated rings. The predicted molar refractivity (Wildman–Crippen MR) is 175 cm³/mol. The van der Waals surface area contributed by atoms with E-state index in [0.717, 1.165) is 32.1 Å². The third-order valence-electron chi connectivity index (χ3n) is 14.9. The van der Waals surface area contributed by atoms with Gasteiger partial charge in [-0.25, -0.2) is 0 Å². The van der Waals surface area contributed by atoms with E-state index < -0.39 is 52.9 Å². The summed E-state index contributed by atoms with van der Waals surface area (Å²) in [6.45, 7) is 15.6. The molecule has 11 atom stereocenters. The fraction of sp³-hybridized carbons (Fsp3) is 0.816. The monoisotopic (exact) mass is 672 g/mol. The van der Waals surface area contributed by atoms with E-state index in [4.69, 9.17) is 14.6 Å². The number of ether oxygens (including phenoxy) is 2. The Balaban J connectivity index is 1.54. The normalized spacial score (nSPS) is 42.8. The van der Waals surface area contributed by atoms with Gasteiger partial charge in [0.25, 0.3) is 0 Å². The number of hydrogen-bond acceptors (Lipinski definition) is 7. The molecular formula is C38H56O10. The highest BCUT2D eigenvalue weighted by Gasteiger charge is 2.71. The van der Waals surface area contributed by atoms with Crippen molar-refractivity contribution in [3.8, 4) is 0 Å². The second kappa shape index (κ2) is 12.4. The molecule has 0 aromatic heterocycles. The SMILES string of the molecule is C[C@H]1[C@H](C)CC[C@]2(C(=O)O)CC[C@]3(C)C(=CC[C@@H]4[C@@]5(C)C[C@@H](OC(=O)CCC(=O)O)[C@H](OC(=O)CCC(=O)O)C(C)(C)[C@@H]5CC[C@]43C)[C@H]12. The Morgan fingerprint density at radius 2 is 1.38 bits per heavy atom. The Bertz CT molecular complexity index is 1380. The molecule has 5 rings (SSSR count). The van der Waals surface area contributed by atoms with Crippen LogP contribution in [0.15, 0.2) is 11.6 Å². The van der Waals surface area contributed by atoms with Gasteiger partial charge in [0.15, 0.2) is 0 Å². The minimum Gasteiger partial charge on any atom is -0.481 e. The highest BCUT2D eigenvalue weighted by Crippen LogP contribution is 2.76. The topological polar surface area (TPSA) is 164 Å². The average Bonchev–Trinajstić information content (AvgIpc) is 2.98. The second-order valence-electron chi connectivity index (χ2n) is 17.4. The van der Waals surface area contributed by atoms with Gasteiger partial charge in [0.05, 0.1) is 31.1 Å². The first-order chi connectivity index (χ1) is 22.2. The first-order valence-electron chi connectivity index (χ1n) is 18.0. The van der Waals surface area contributed by atoms with Gasteiger partial charge in [0.2, 0.25) is 0 Å². The molecule has 48 heavy (non-hydrogen) atoms. The number of carbonyl (C=O) groups is 5. The standard InChI is InChI=1S/C38H56O10/c1-21-14-17-38(33(45)46)19-18-36(6)23(31(38)22(21)2)8-9-26-35(5)20-24(47-29(43)12-10-27(39)40)32(48-30(44)13-11-28(41)42)34(3,4)25(35)15-16-37(26,36)7/h8,21-22,24-26,31-32H,9-20H2,1-7H3,(H,39,40)(H,41,42)(H,45,46)/t21-,22+,24-,25+,26-,31+,32+,35+,36-,37-,38+/m1/s1. The Morgan fingerprint density at radius 1 is 0.771 bits per heavy atom. The summed E-state index contributed by atoms with van der Waals surface area (Å²) in [7, 11) is 0. The van der Waals surface area contributed by atoms with Crippen molar-refractivity contribution in [2.45, 2.75) is 138 Å². The number of carboxylic acids is 3. The summed E-state index contributed by atoms with van der Waals surface area (Å²) in [4.78, 5) is 61.4. The van der Waals surface area contributed by atoms with Crippen LogP contribution in [-0.2, 0) is 33.4 Å². The van der Waals surface area contributed by atoms with Crippen molar-refractivity contribution < 1.29 is 48.8 Å². The molecule has 0 radical (unpaired) electrons. The molecule has 0 aromatic rings. The van der Waals surface area contributed by atoms with Crippen molar-refractivity contribution in [2.24, 2.45) is 56.7 Å². The van der Waals surface area contributed by atoms with Crippen LogP contribution >= 0.6 is 0 Å². The lowest BCUT2D eigenvalue weighted by Crippen LogP contribution is -2.68. The zero-order valence-corrected chi connectivity index (χ0v) is 29.8. The highest BCUT2D eigenvalue weighted by atomic mass is 16.6. The fourth-order valence-electron chi connectivity index (χ4n) is 12.1.